The van der Waals surface area contributed by atoms with Crippen LogP contribution in [0.2, 0.25) is 0 Å². The minimum Gasteiger partial charge on any atom is -0.310 e. The Kier molecular flexibility index (Phi) is 6.55. The molecule has 12 rings (SSSR count). The Morgan fingerprint density at radius 3 is 0.971 bits per heavy atom. The van der Waals surface area contributed by atoms with Crippen LogP contribution in [0.4, 0.5) is 0 Å². The van der Waals surface area contributed by atoms with Gasteiger partial charge in [0.15, 0.2) is 0 Å². The van der Waals surface area contributed by atoms with E-state index in [1.165, 1.54) is 174 Å². The van der Waals surface area contributed by atoms with Crippen molar-refractivity contribution in [2.75, 3.05) is 91.6 Å². The second-order valence-electron chi connectivity index (χ2n) is 13.4. The summed E-state index contributed by atoms with van der Waals surface area (Å²) in [5.74, 6) is 0. The van der Waals surface area contributed by atoms with E-state index < -0.39 is 0 Å². The number of hydrogen-bond acceptors (Lipinski definition) is 0. The molecule has 11 heterocycles. The van der Waals surface area contributed by atoms with Gasteiger partial charge in [0.2, 0.25) is 0 Å². The SMILES string of the molecule is c1ccc2c(c1)C[N+]13CC[N+](CCCCCCCCCC[N+]45CC[N+](CC4)(CC5)C2)(CC1)CC3. The molecule has 34 heavy (non-hydrogen) atoms. The highest BCUT2D eigenvalue weighted by molar-refractivity contribution is 5.26. The molecular formula is C30H52N4+4. The lowest BCUT2D eigenvalue weighted by Crippen LogP contribution is -2.75. The zero-order chi connectivity index (χ0) is 23.0. The molecule has 0 radical (unpaired) electrons. The largest absolute Gasteiger partial charge is 0.310 e. The van der Waals surface area contributed by atoms with Crippen LogP contribution in [0.25, 0.3) is 0 Å². The summed E-state index contributed by atoms with van der Waals surface area (Å²) in [5.41, 5.74) is 3.38. The first-order valence-electron chi connectivity index (χ1n) is 15.1. The van der Waals surface area contributed by atoms with Gasteiger partial charge in [-0.15, -0.1) is 0 Å². The minimum absolute atomic E-state index is 1.30. The highest BCUT2D eigenvalue weighted by Gasteiger charge is 2.50. The number of benzene rings is 1. The summed E-state index contributed by atoms with van der Waals surface area (Å²) in [6.45, 7) is 22.8. The lowest BCUT2D eigenvalue weighted by molar-refractivity contribution is -1.09. The van der Waals surface area contributed by atoms with Crippen molar-refractivity contribution in [3.63, 3.8) is 0 Å². The summed E-state index contributed by atoms with van der Waals surface area (Å²) in [4.78, 5) is 0. The predicted molar refractivity (Wildman–Crippen MR) is 140 cm³/mol. The highest BCUT2D eigenvalue weighted by Crippen LogP contribution is 2.33. The van der Waals surface area contributed by atoms with Crippen LogP contribution in [-0.2, 0) is 13.1 Å². The molecule has 6 saturated heterocycles. The van der Waals surface area contributed by atoms with Crippen LogP contribution in [0.1, 0.15) is 62.5 Å². The van der Waals surface area contributed by atoms with E-state index >= 15 is 0 Å². The molecule has 1 aromatic carbocycles. The molecule has 0 saturated carbocycles. The van der Waals surface area contributed by atoms with Crippen LogP contribution < -0.4 is 0 Å². The molecule has 0 aromatic heterocycles. The van der Waals surface area contributed by atoms with Crippen molar-refractivity contribution in [2.24, 2.45) is 0 Å². The number of rotatable bonds is 0. The monoisotopic (exact) mass is 468 g/mol. The number of piperazine rings is 6. The fourth-order valence-electron chi connectivity index (χ4n) is 8.58. The molecule has 6 fully saturated rings. The Bertz CT molecular complexity index is 730. The van der Waals surface area contributed by atoms with E-state index in [0.29, 0.717) is 0 Å². The standard InChI is InChI=1S/C30H52N4/c1-2-4-6-10-14-32-18-24-34(25-19-32,26-20-32)28-30-12-8-7-11-29(30)27-33-21-15-31(16-22-33,17-23-33)13-9-5-3-1/h7-8,11-12H,1-6,9-10,13-28H2/q+4. The van der Waals surface area contributed by atoms with Crippen molar-refractivity contribution in [3.05, 3.63) is 35.4 Å². The van der Waals surface area contributed by atoms with Crippen molar-refractivity contribution in [2.45, 2.75) is 64.5 Å². The molecule has 4 nitrogen and oxygen atoms in total. The molecule has 0 N–H and O–H groups in total. The summed E-state index contributed by atoms with van der Waals surface area (Å²) < 4.78 is 5.69. The normalized spacial score (nSPS) is 41.5. The lowest BCUT2D eigenvalue weighted by Gasteiger charge is -2.56. The van der Waals surface area contributed by atoms with Gasteiger partial charge in [-0.05, 0) is 25.7 Å². The van der Waals surface area contributed by atoms with Gasteiger partial charge in [0.05, 0.1) is 13.1 Å². The average Bonchev–Trinajstić information content (AvgIpc) is 2.88. The molecule has 4 heteroatoms. The van der Waals surface area contributed by atoms with E-state index in [2.05, 4.69) is 24.3 Å². The van der Waals surface area contributed by atoms with E-state index in [9.17, 15) is 0 Å². The van der Waals surface area contributed by atoms with Crippen molar-refractivity contribution in [1.29, 1.82) is 0 Å². The van der Waals surface area contributed by atoms with E-state index in [1.54, 1.807) is 11.1 Å². The van der Waals surface area contributed by atoms with Crippen molar-refractivity contribution in [1.82, 2.24) is 0 Å². The van der Waals surface area contributed by atoms with Gasteiger partial charge in [-0.2, -0.15) is 0 Å². The Morgan fingerprint density at radius 1 is 0.324 bits per heavy atom. The first kappa shape index (κ1) is 23.5. The summed E-state index contributed by atoms with van der Waals surface area (Å²) in [5, 5.41) is 0. The summed E-state index contributed by atoms with van der Waals surface area (Å²) >= 11 is 0. The smallest absolute Gasteiger partial charge is 0.129 e. The number of hydrogen-bond donors (Lipinski definition) is 0. The van der Waals surface area contributed by atoms with Gasteiger partial charge < -0.3 is 17.9 Å². The molecule has 0 atom stereocenters. The molecular weight excluding hydrogens is 416 g/mol. The minimum atomic E-state index is 1.30. The third-order valence-corrected chi connectivity index (χ3v) is 11.4. The van der Waals surface area contributed by atoms with E-state index in [-0.39, 0.29) is 0 Å². The van der Waals surface area contributed by atoms with Crippen LogP contribution in [0.3, 0.4) is 0 Å². The van der Waals surface area contributed by atoms with E-state index in [4.69, 9.17) is 0 Å². The molecule has 11 aliphatic rings. The summed E-state index contributed by atoms with van der Waals surface area (Å²) in [6.07, 6.45) is 11.8. The van der Waals surface area contributed by atoms with E-state index in [0.717, 1.165) is 0 Å². The fraction of sp³-hybridized carbons (Fsp3) is 0.800. The summed E-state index contributed by atoms with van der Waals surface area (Å²) in [6, 6.07) is 9.64. The maximum Gasteiger partial charge on any atom is 0.129 e. The molecule has 11 aliphatic heterocycles. The van der Waals surface area contributed by atoms with Gasteiger partial charge in [-0.25, -0.2) is 0 Å². The van der Waals surface area contributed by atoms with E-state index in [1.807, 2.05) is 0 Å². The molecule has 0 unspecified atom stereocenters. The van der Waals surface area contributed by atoms with Gasteiger partial charge in [0.1, 0.15) is 91.6 Å². The second kappa shape index (κ2) is 9.50. The highest BCUT2D eigenvalue weighted by atomic mass is 15.5. The molecule has 4 bridgehead atoms. The first-order valence-corrected chi connectivity index (χ1v) is 15.1. The van der Waals surface area contributed by atoms with Crippen LogP contribution in [-0.4, -0.2) is 110 Å². The van der Waals surface area contributed by atoms with Gasteiger partial charge in [-0.3, -0.25) is 0 Å². The van der Waals surface area contributed by atoms with Gasteiger partial charge in [-0.1, -0.05) is 49.9 Å². The second-order valence-corrected chi connectivity index (χ2v) is 13.4. The Labute approximate surface area is 209 Å². The predicted octanol–water partition coefficient (Wildman–Crippen LogP) is 4.14. The quantitative estimate of drug-likeness (QED) is 0.502. The fourth-order valence-corrected chi connectivity index (χ4v) is 8.58. The van der Waals surface area contributed by atoms with Crippen molar-refractivity contribution >= 4 is 0 Å². The number of nitrogens with zero attached hydrogens (tertiary/aromatic N) is 4. The molecule has 0 aliphatic carbocycles. The Morgan fingerprint density at radius 2 is 0.618 bits per heavy atom. The third kappa shape index (κ3) is 4.73. The van der Waals surface area contributed by atoms with Gasteiger partial charge in [0.25, 0.3) is 0 Å². The topological polar surface area (TPSA) is 0 Å². The third-order valence-electron chi connectivity index (χ3n) is 11.4. The van der Waals surface area contributed by atoms with Crippen molar-refractivity contribution in [3.8, 4) is 0 Å². The maximum absolute atomic E-state index is 2.50. The maximum atomic E-state index is 2.50. The molecule has 0 spiro atoms. The molecule has 1 aromatic rings. The van der Waals surface area contributed by atoms with Crippen LogP contribution in [0, 0.1) is 0 Å². The van der Waals surface area contributed by atoms with Gasteiger partial charge >= 0.3 is 0 Å². The zero-order valence-corrected chi connectivity index (χ0v) is 22.1. The lowest BCUT2D eigenvalue weighted by atomic mass is 9.98. The number of quaternary nitrogens is 4. The first-order chi connectivity index (χ1) is 16.6. The van der Waals surface area contributed by atoms with Crippen LogP contribution >= 0.6 is 0 Å². The van der Waals surface area contributed by atoms with Crippen LogP contribution in [0.5, 0.6) is 0 Å². The van der Waals surface area contributed by atoms with Crippen LogP contribution in [0.15, 0.2) is 24.3 Å². The Balaban J connectivity index is 1.20. The van der Waals surface area contributed by atoms with Gasteiger partial charge in [0, 0.05) is 11.1 Å². The molecule has 188 valence electrons. The summed E-state index contributed by atoms with van der Waals surface area (Å²) in [7, 11) is 0. The average molecular weight is 469 g/mol. The Hall–Kier alpha value is -0.940. The zero-order valence-electron chi connectivity index (χ0n) is 22.1. The molecule has 0 amide bonds. The van der Waals surface area contributed by atoms with Crippen molar-refractivity contribution < 1.29 is 17.9 Å².